The fourth-order valence-corrected chi connectivity index (χ4v) is 14.6. The van der Waals surface area contributed by atoms with Crippen LogP contribution in [0, 0.1) is 0 Å². The summed E-state index contributed by atoms with van der Waals surface area (Å²) in [6.07, 6.45) is -3.53. The second kappa shape index (κ2) is 22.6. The summed E-state index contributed by atoms with van der Waals surface area (Å²) in [5.41, 5.74) is 2.95. The molecule has 2 aliphatic heterocycles. The zero-order valence-electron chi connectivity index (χ0n) is 37.1. The van der Waals surface area contributed by atoms with E-state index >= 15 is 0 Å². The van der Waals surface area contributed by atoms with Crippen LogP contribution in [0.1, 0.15) is 91.8 Å². The van der Waals surface area contributed by atoms with Gasteiger partial charge in [-0.3, -0.25) is 9.59 Å². The number of hydrogen-bond donors (Lipinski definition) is 0. The summed E-state index contributed by atoms with van der Waals surface area (Å²) in [4.78, 5) is 23.9. The lowest BCUT2D eigenvalue weighted by molar-refractivity contribution is -0.302. The van der Waals surface area contributed by atoms with E-state index in [4.69, 9.17) is 42.3 Å². The van der Waals surface area contributed by atoms with Crippen LogP contribution in [0.4, 0.5) is 0 Å². The summed E-state index contributed by atoms with van der Waals surface area (Å²) in [6, 6.07) is 30.3. The van der Waals surface area contributed by atoms with Crippen molar-refractivity contribution in [3.63, 3.8) is 0 Å². The van der Waals surface area contributed by atoms with Gasteiger partial charge >= 0.3 is 11.9 Å². The van der Waals surface area contributed by atoms with Gasteiger partial charge in [-0.1, -0.05) is 133 Å². The maximum absolute atomic E-state index is 12.0. The lowest BCUT2D eigenvalue weighted by atomic mass is 9.82. The molecule has 3 aromatic carbocycles. The lowest BCUT2D eigenvalue weighted by Gasteiger charge is -2.55. The Labute approximate surface area is 358 Å². The van der Waals surface area contributed by atoms with Gasteiger partial charge < -0.3 is 42.3 Å². The highest BCUT2D eigenvalue weighted by Crippen LogP contribution is 2.48. The van der Waals surface area contributed by atoms with Crippen LogP contribution in [0.3, 0.4) is 0 Å². The van der Waals surface area contributed by atoms with Gasteiger partial charge in [0.1, 0.15) is 24.4 Å². The Balaban J connectivity index is 1.55. The van der Waals surface area contributed by atoms with E-state index in [1.807, 2.05) is 78.9 Å². The molecule has 0 spiro atoms. The molecule has 12 heteroatoms. The van der Waals surface area contributed by atoms with Gasteiger partial charge in [0.25, 0.3) is 0 Å². The van der Waals surface area contributed by atoms with E-state index in [9.17, 15) is 9.59 Å². The summed E-state index contributed by atoms with van der Waals surface area (Å²) >= 11 is 0. The molecule has 0 saturated carbocycles. The first-order valence-electron chi connectivity index (χ1n) is 21.6. The molecule has 8 atom stereocenters. The molecule has 330 valence electrons. The highest BCUT2D eigenvalue weighted by atomic mass is 28.4. The van der Waals surface area contributed by atoms with Crippen molar-refractivity contribution in [2.45, 2.75) is 160 Å². The molecule has 0 amide bonds. The fourth-order valence-electron chi connectivity index (χ4n) is 8.98. The summed E-state index contributed by atoms with van der Waals surface area (Å²) in [7, 11) is -2.54. The first-order valence-corrected chi connectivity index (χ1v) is 23.7. The van der Waals surface area contributed by atoms with Crippen molar-refractivity contribution < 1.29 is 51.9 Å². The number of hydrogen-bond acceptors (Lipinski definition) is 11. The molecule has 3 aromatic rings. The third kappa shape index (κ3) is 12.8. The predicted molar refractivity (Wildman–Crippen MR) is 231 cm³/mol. The summed E-state index contributed by atoms with van der Waals surface area (Å²) in [5, 5.41) is 0. The van der Waals surface area contributed by atoms with Gasteiger partial charge in [0.05, 0.1) is 51.3 Å². The molecule has 2 saturated heterocycles. The predicted octanol–water partition coefficient (Wildman–Crippen LogP) is 9.11. The van der Waals surface area contributed by atoms with Crippen molar-refractivity contribution in [2.24, 2.45) is 0 Å². The Kier molecular flexibility index (Phi) is 17.9. The van der Waals surface area contributed by atoms with Crippen LogP contribution in [0.15, 0.2) is 91.0 Å². The largest absolute Gasteiger partial charge is 0.463 e. The lowest BCUT2D eigenvalue weighted by Crippen LogP contribution is -2.66. The van der Waals surface area contributed by atoms with Gasteiger partial charge in [0.15, 0.2) is 12.4 Å². The SMILES string of the molecule is CC(=O)OC[C@@H]1O[C@H](C[C@@H](OCc2ccccc2)[C@]2(C)O[C@H](COCc3ccccc3)[C@@H](OCc3ccccc3)C[C@H]2O[Si](C(C)C)(C(C)C)C(C)C)OC[C@H]1OC(C)=O. The molecular formula is C48H68O11Si. The molecule has 0 unspecified atom stereocenters. The van der Waals surface area contributed by atoms with Crippen LogP contribution in [0.2, 0.25) is 16.6 Å². The standard InChI is InChI=1S/C48H68O11Si/c1-33(2)60(34(3)4,35(5)6)59-46-25-41(53-28-39-21-15-11-16-22-39)44(30-51-27-38-19-13-10-14-20-38)58-48(46,9)45(54-29-40-23-17-12-18-24-40)26-47-55-32-42(56-37(8)50)43(57-47)31-52-36(7)49/h10-24,33-35,41-47H,25-32H2,1-9H3/t41-,42+,43-,44+,45+,46+,47+,48-/m0/s1. The average molecular weight is 849 g/mol. The topological polar surface area (TPSA) is 117 Å². The van der Waals surface area contributed by atoms with E-state index in [1.54, 1.807) is 0 Å². The molecule has 11 nitrogen and oxygen atoms in total. The van der Waals surface area contributed by atoms with Crippen LogP contribution in [0.25, 0.3) is 0 Å². The number of carbonyl (C=O) groups excluding carboxylic acids is 2. The minimum Gasteiger partial charge on any atom is -0.463 e. The van der Waals surface area contributed by atoms with Crippen molar-refractivity contribution in [3.05, 3.63) is 108 Å². The van der Waals surface area contributed by atoms with Gasteiger partial charge in [-0.2, -0.15) is 0 Å². The zero-order valence-corrected chi connectivity index (χ0v) is 38.1. The number of ether oxygens (including phenoxy) is 8. The Morgan fingerprint density at radius 1 is 0.717 bits per heavy atom. The van der Waals surface area contributed by atoms with Gasteiger partial charge in [-0.15, -0.1) is 0 Å². The highest BCUT2D eigenvalue weighted by molar-refractivity contribution is 6.77. The molecule has 0 aliphatic carbocycles. The first kappa shape index (κ1) is 47.6. The third-order valence-electron chi connectivity index (χ3n) is 12.0. The second-order valence-electron chi connectivity index (χ2n) is 17.2. The third-order valence-corrected chi connectivity index (χ3v) is 18.1. The van der Waals surface area contributed by atoms with Crippen LogP contribution in [0.5, 0.6) is 0 Å². The smallest absolute Gasteiger partial charge is 0.303 e. The molecular weight excluding hydrogens is 781 g/mol. The number of esters is 2. The van der Waals surface area contributed by atoms with E-state index in [-0.39, 0.29) is 32.3 Å². The molecule has 0 N–H and O–H groups in total. The minimum atomic E-state index is -2.54. The minimum absolute atomic E-state index is 0.0501. The average Bonchev–Trinajstić information content (AvgIpc) is 3.22. The van der Waals surface area contributed by atoms with Crippen molar-refractivity contribution in [2.75, 3.05) is 19.8 Å². The van der Waals surface area contributed by atoms with Crippen molar-refractivity contribution in [3.8, 4) is 0 Å². The highest BCUT2D eigenvalue weighted by Gasteiger charge is 2.57. The van der Waals surface area contributed by atoms with Gasteiger partial charge in [0, 0.05) is 26.7 Å². The molecule has 5 rings (SSSR count). The van der Waals surface area contributed by atoms with Crippen LogP contribution in [-0.4, -0.2) is 88.6 Å². The first-order chi connectivity index (χ1) is 28.7. The van der Waals surface area contributed by atoms with E-state index in [0.717, 1.165) is 16.7 Å². The Morgan fingerprint density at radius 2 is 1.27 bits per heavy atom. The van der Waals surface area contributed by atoms with Gasteiger partial charge in [0.2, 0.25) is 8.32 Å². The molecule has 2 heterocycles. The number of rotatable bonds is 21. The van der Waals surface area contributed by atoms with Crippen molar-refractivity contribution in [1.82, 2.24) is 0 Å². The maximum atomic E-state index is 12.0. The van der Waals surface area contributed by atoms with Gasteiger partial charge in [-0.05, 0) is 40.2 Å². The number of benzene rings is 3. The van der Waals surface area contributed by atoms with Crippen LogP contribution >= 0.6 is 0 Å². The van der Waals surface area contributed by atoms with Crippen LogP contribution < -0.4 is 0 Å². The Hall–Kier alpha value is -3.46. The van der Waals surface area contributed by atoms with E-state index in [0.29, 0.717) is 42.9 Å². The molecule has 0 aromatic heterocycles. The van der Waals surface area contributed by atoms with E-state index < -0.39 is 62.7 Å². The molecule has 0 radical (unpaired) electrons. The van der Waals surface area contributed by atoms with Crippen molar-refractivity contribution >= 4 is 20.3 Å². The summed E-state index contributed by atoms with van der Waals surface area (Å²) < 4.78 is 59.2. The monoisotopic (exact) mass is 848 g/mol. The number of carbonyl (C=O) groups is 2. The Bertz CT molecular complexity index is 1700. The summed E-state index contributed by atoms with van der Waals surface area (Å²) in [5.74, 6) is -0.948. The normalized spacial score (nSPS) is 25.3. The quantitative estimate of drug-likeness (QED) is 0.0755. The van der Waals surface area contributed by atoms with Crippen LogP contribution in [-0.2, 0) is 71.7 Å². The molecule has 60 heavy (non-hydrogen) atoms. The Morgan fingerprint density at radius 3 is 1.80 bits per heavy atom. The van der Waals surface area contributed by atoms with E-state index in [2.05, 4.69) is 60.6 Å². The van der Waals surface area contributed by atoms with Crippen molar-refractivity contribution in [1.29, 1.82) is 0 Å². The molecule has 2 fully saturated rings. The fraction of sp³-hybridized carbons (Fsp3) is 0.583. The van der Waals surface area contributed by atoms with Gasteiger partial charge in [-0.25, -0.2) is 0 Å². The van der Waals surface area contributed by atoms with E-state index in [1.165, 1.54) is 13.8 Å². The molecule has 2 aliphatic rings. The summed E-state index contributed by atoms with van der Waals surface area (Å²) in [6.45, 7) is 19.8. The second-order valence-corrected chi connectivity index (χ2v) is 22.7. The molecule has 0 bridgehead atoms. The maximum Gasteiger partial charge on any atom is 0.303 e. The zero-order chi connectivity index (χ0) is 43.3.